The molecule has 0 saturated heterocycles. The third-order valence-electron chi connectivity index (χ3n) is 3.41. The lowest BCUT2D eigenvalue weighted by atomic mass is 9.91. The van der Waals surface area contributed by atoms with E-state index >= 15 is 0 Å². The van der Waals surface area contributed by atoms with Crippen LogP contribution >= 0.6 is 0 Å². The van der Waals surface area contributed by atoms with Gasteiger partial charge in [0.25, 0.3) is 0 Å². The van der Waals surface area contributed by atoms with Gasteiger partial charge in [0.15, 0.2) is 0 Å². The van der Waals surface area contributed by atoms with E-state index in [-0.39, 0.29) is 12.0 Å². The second-order valence-electron chi connectivity index (χ2n) is 4.67. The van der Waals surface area contributed by atoms with E-state index in [0.29, 0.717) is 5.56 Å². The standard InChI is InChI=1S/C13H15F3N2/c1-8-9(2)17-18(3)12(8)10-5-4-6-11(7-10)13(14,15)16/h4-8,12H,1-3H3. The molecule has 1 aromatic carbocycles. The Hall–Kier alpha value is -1.52. The molecule has 0 radical (unpaired) electrons. The number of rotatable bonds is 1. The predicted octanol–water partition coefficient (Wildman–Crippen LogP) is 3.70. The molecule has 0 fully saturated rings. The molecule has 1 aromatic rings. The number of hydrogen-bond donors (Lipinski definition) is 0. The van der Waals surface area contributed by atoms with Crippen molar-refractivity contribution in [1.29, 1.82) is 0 Å². The minimum atomic E-state index is -4.30. The molecule has 2 atom stereocenters. The summed E-state index contributed by atoms with van der Waals surface area (Å²) in [4.78, 5) is 0. The van der Waals surface area contributed by atoms with Gasteiger partial charge in [0.2, 0.25) is 0 Å². The Morgan fingerprint density at radius 2 is 1.94 bits per heavy atom. The van der Waals surface area contributed by atoms with Crippen LogP contribution in [0, 0.1) is 5.92 Å². The first-order chi connectivity index (χ1) is 8.30. The van der Waals surface area contributed by atoms with Gasteiger partial charge in [-0.05, 0) is 24.6 Å². The molecule has 5 heteroatoms. The molecular formula is C13H15F3N2. The molecule has 0 N–H and O–H groups in total. The number of hydrogen-bond acceptors (Lipinski definition) is 2. The molecular weight excluding hydrogens is 241 g/mol. The number of hydrazone groups is 1. The van der Waals surface area contributed by atoms with Crippen LogP contribution in [0.25, 0.3) is 0 Å². The maximum atomic E-state index is 12.7. The number of nitrogens with zero attached hydrogens (tertiary/aromatic N) is 2. The minimum Gasteiger partial charge on any atom is -0.292 e. The summed E-state index contributed by atoms with van der Waals surface area (Å²) in [7, 11) is 1.79. The molecule has 18 heavy (non-hydrogen) atoms. The molecule has 2 rings (SSSR count). The van der Waals surface area contributed by atoms with Crippen molar-refractivity contribution in [2.24, 2.45) is 11.0 Å². The van der Waals surface area contributed by atoms with Crippen molar-refractivity contribution in [3.63, 3.8) is 0 Å². The van der Waals surface area contributed by atoms with Crippen LogP contribution in [0.3, 0.4) is 0 Å². The summed E-state index contributed by atoms with van der Waals surface area (Å²) in [5.74, 6) is 0.124. The van der Waals surface area contributed by atoms with Gasteiger partial charge >= 0.3 is 6.18 Å². The van der Waals surface area contributed by atoms with Crippen LogP contribution in [0.1, 0.15) is 31.0 Å². The van der Waals surface area contributed by atoms with Crippen molar-refractivity contribution in [1.82, 2.24) is 5.01 Å². The Kier molecular flexibility index (Phi) is 3.09. The van der Waals surface area contributed by atoms with Crippen LogP contribution in [0.2, 0.25) is 0 Å². The van der Waals surface area contributed by atoms with Gasteiger partial charge in [0.05, 0.1) is 11.6 Å². The first-order valence-corrected chi connectivity index (χ1v) is 5.76. The second-order valence-corrected chi connectivity index (χ2v) is 4.67. The van der Waals surface area contributed by atoms with Gasteiger partial charge in [-0.15, -0.1) is 0 Å². The molecule has 0 saturated carbocycles. The SMILES string of the molecule is CC1=NN(C)C(c2cccc(C(F)(F)F)c2)C1C. The van der Waals surface area contributed by atoms with Crippen molar-refractivity contribution in [2.75, 3.05) is 7.05 Å². The smallest absolute Gasteiger partial charge is 0.292 e. The monoisotopic (exact) mass is 256 g/mol. The molecule has 1 aliphatic heterocycles. The van der Waals surface area contributed by atoms with E-state index in [0.717, 1.165) is 11.8 Å². The molecule has 0 spiro atoms. The highest BCUT2D eigenvalue weighted by molar-refractivity contribution is 5.86. The van der Waals surface area contributed by atoms with Crippen molar-refractivity contribution >= 4 is 5.71 Å². The van der Waals surface area contributed by atoms with E-state index in [1.807, 2.05) is 13.8 Å². The molecule has 2 nitrogen and oxygen atoms in total. The third-order valence-corrected chi connectivity index (χ3v) is 3.41. The maximum Gasteiger partial charge on any atom is 0.416 e. The van der Waals surface area contributed by atoms with Gasteiger partial charge in [-0.25, -0.2) is 0 Å². The molecule has 0 bridgehead atoms. The quantitative estimate of drug-likeness (QED) is 0.748. The van der Waals surface area contributed by atoms with E-state index in [1.54, 1.807) is 18.1 Å². The average Bonchev–Trinajstić information content (AvgIpc) is 2.52. The largest absolute Gasteiger partial charge is 0.416 e. The van der Waals surface area contributed by atoms with Crippen molar-refractivity contribution in [3.05, 3.63) is 35.4 Å². The summed E-state index contributed by atoms with van der Waals surface area (Å²) < 4.78 is 38.1. The lowest BCUT2D eigenvalue weighted by molar-refractivity contribution is -0.137. The van der Waals surface area contributed by atoms with Gasteiger partial charge in [-0.1, -0.05) is 19.1 Å². The minimum absolute atomic E-state index is 0.118. The van der Waals surface area contributed by atoms with Crippen LogP contribution in [-0.4, -0.2) is 17.8 Å². The van der Waals surface area contributed by atoms with E-state index < -0.39 is 11.7 Å². The summed E-state index contributed by atoms with van der Waals surface area (Å²) in [6, 6.07) is 5.36. The molecule has 98 valence electrons. The Labute approximate surface area is 104 Å². The van der Waals surface area contributed by atoms with E-state index in [4.69, 9.17) is 0 Å². The zero-order valence-corrected chi connectivity index (χ0v) is 10.5. The Balaban J connectivity index is 2.36. The highest BCUT2D eigenvalue weighted by Crippen LogP contribution is 2.37. The first kappa shape index (κ1) is 12.9. The van der Waals surface area contributed by atoms with Crippen LogP contribution in [0.5, 0.6) is 0 Å². The van der Waals surface area contributed by atoms with Gasteiger partial charge in [-0.3, -0.25) is 5.01 Å². The van der Waals surface area contributed by atoms with Crippen LogP contribution in [0.4, 0.5) is 13.2 Å². The van der Waals surface area contributed by atoms with E-state index in [9.17, 15) is 13.2 Å². The zero-order chi connectivity index (χ0) is 13.5. The van der Waals surface area contributed by atoms with Gasteiger partial charge in [-0.2, -0.15) is 18.3 Å². The predicted molar refractivity (Wildman–Crippen MR) is 64.2 cm³/mol. The van der Waals surface area contributed by atoms with Gasteiger partial charge < -0.3 is 0 Å². The summed E-state index contributed by atoms with van der Waals surface area (Å²) in [6.07, 6.45) is -4.30. The fourth-order valence-corrected chi connectivity index (χ4v) is 2.36. The van der Waals surface area contributed by atoms with Gasteiger partial charge in [0, 0.05) is 18.7 Å². The Morgan fingerprint density at radius 3 is 2.44 bits per heavy atom. The summed E-state index contributed by atoms with van der Waals surface area (Å²) in [5.41, 5.74) is 0.991. The highest BCUT2D eigenvalue weighted by Gasteiger charge is 2.34. The average molecular weight is 256 g/mol. The van der Waals surface area contributed by atoms with E-state index in [1.165, 1.54) is 12.1 Å². The fourth-order valence-electron chi connectivity index (χ4n) is 2.36. The molecule has 1 heterocycles. The zero-order valence-electron chi connectivity index (χ0n) is 10.5. The summed E-state index contributed by atoms with van der Waals surface area (Å²) in [5, 5.41) is 6.02. The van der Waals surface area contributed by atoms with Crippen LogP contribution < -0.4 is 0 Å². The molecule has 2 unspecified atom stereocenters. The molecule has 0 aromatic heterocycles. The summed E-state index contributed by atoms with van der Waals surface area (Å²) >= 11 is 0. The van der Waals surface area contributed by atoms with Gasteiger partial charge in [0.1, 0.15) is 0 Å². The lowest BCUT2D eigenvalue weighted by Gasteiger charge is -2.24. The molecule has 0 aliphatic carbocycles. The Morgan fingerprint density at radius 1 is 1.28 bits per heavy atom. The number of halogens is 3. The first-order valence-electron chi connectivity index (χ1n) is 5.76. The van der Waals surface area contributed by atoms with Crippen LogP contribution in [-0.2, 0) is 6.18 Å². The second kappa shape index (κ2) is 4.30. The normalized spacial score (nSPS) is 24.3. The van der Waals surface area contributed by atoms with Crippen molar-refractivity contribution in [3.8, 4) is 0 Å². The van der Waals surface area contributed by atoms with E-state index in [2.05, 4.69) is 5.10 Å². The van der Waals surface area contributed by atoms with Crippen LogP contribution in [0.15, 0.2) is 29.4 Å². The van der Waals surface area contributed by atoms with Crippen molar-refractivity contribution < 1.29 is 13.2 Å². The topological polar surface area (TPSA) is 15.6 Å². The third kappa shape index (κ3) is 2.21. The molecule has 1 aliphatic rings. The van der Waals surface area contributed by atoms with Crippen molar-refractivity contribution in [2.45, 2.75) is 26.1 Å². The highest BCUT2D eigenvalue weighted by atomic mass is 19.4. The maximum absolute atomic E-state index is 12.7. The fraction of sp³-hybridized carbons (Fsp3) is 0.462. The lowest BCUT2D eigenvalue weighted by Crippen LogP contribution is -2.21. The number of alkyl halides is 3. The Bertz CT molecular complexity index is 479. The molecule has 0 amide bonds. The summed E-state index contributed by atoms with van der Waals surface area (Å²) in [6.45, 7) is 3.88. The number of benzene rings is 1.